The lowest BCUT2D eigenvalue weighted by molar-refractivity contribution is -0.116. The lowest BCUT2D eigenvalue weighted by Crippen LogP contribution is -2.21. The van der Waals surface area contributed by atoms with Crippen LogP contribution in [-0.4, -0.2) is 15.7 Å². The normalized spacial score (nSPS) is 11.9. The molecule has 3 N–H and O–H groups in total. The van der Waals surface area contributed by atoms with E-state index >= 15 is 0 Å². The second-order valence-corrected chi connectivity index (χ2v) is 5.53. The summed E-state index contributed by atoms with van der Waals surface area (Å²) < 4.78 is 1.71. The summed E-state index contributed by atoms with van der Waals surface area (Å²) in [5.74, 6) is 0.158. The molecule has 1 heterocycles. The Morgan fingerprint density at radius 2 is 1.95 bits per heavy atom. The Labute approximate surface area is 137 Å². The maximum atomic E-state index is 12.2. The van der Waals surface area contributed by atoms with Crippen molar-refractivity contribution in [3.8, 4) is 0 Å². The topological polar surface area (TPSA) is 72.9 Å². The van der Waals surface area contributed by atoms with E-state index in [1.165, 1.54) is 0 Å². The SMILES string of the molecule is CC(C)c1nn(C)cc1NC(=O)CC(N)c1ccccc1.Cl. The third-order valence-corrected chi connectivity index (χ3v) is 3.31. The van der Waals surface area contributed by atoms with Crippen LogP contribution in [0.1, 0.15) is 43.5 Å². The van der Waals surface area contributed by atoms with E-state index in [9.17, 15) is 4.79 Å². The highest BCUT2D eigenvalue weighted by atomic mass is 35.5. The average Bonchev–Trinajstić information content (AvgIpc) is 2.80. The van der Waals surface area contributed by atoms with Crippen LogP contribution in [-0.2, 0) is 11.8 Å². The van der Waals surface area contributed by atoms with Crippen molar-refractivity contribution < 1.29 is 4.79 Å². The first-order valence-electron chi connectivity index (χ1n) is 7.11. The molecule has 1 amide bonds. The number of hydrogen-bond donors (Lipinski definition) is 2. The highest BCUT2D eigenvalue weighted by Gasteiger charge is 2.16. The van der Waals surface area contributed by atoms with Crippen molar-refractivity contribution >= 4 is 24.0 Å². The Bertz CT molecular complexity index is 610. The second-order valence-electron chi connectivity index (χ2n) is 5.53. The molecule has 0 bridgehead atoms. The zero-order chi connectivity index (χ0) is 15.4. The second kappa shape index (κ2) is 7.96. The monoisotopic (exact) mass is 322 g/mol. The number of aryl methyl sites for hydroxylation is 1. The number of nitrogens with one attached hydrogen (secondary N) is 1. The Balaban J connectivity index is 0.00000242. The third-order valence-electron chi connectivity index (χ3n) is 3.31. The number of anilines is 1. The Morgan fingerprint density at radius 1 is 1.32 bits per heavy atom. The van der Waals surface area contributed by atoms with Crippen LogP contribution in [0.2, 0.25) is 0 Å². The number of carbonyl (C=O) groups excluding carboxylic acids is 1. The number of hydrogen-bond acceptors (Lipinski definition) is 3. The van der Waals surface area contributed by atoms with Gasteiger partial charge in [-0.15, -0.1) is 12.4 Å². The molecule has 0 saturated carbocycles. The minimum Gasteiger partial charge on any atom is -0.324 e. The molecule has 0 spiro atoms. The third kappa shape index (κ3) is 4.58. The lowest BCUT2D eigenvalue weighted by Gasteiger charge is -2.12. The molecule has 1 aromatic heterocycles. The van der Waals surface area contributed by atoms with Crippen LogP contribution in [0.15, 0.2) is 36.5 Å². The summed E-state index contributed by atoms with van der Waals surface area (Å²) in [4.78, 5) is 12.2. The summed E-state index contributed by atoms with van der Waals surface area (Å²) in [6.07, 6.45) is 2.07. The molecule has 0 aliphatic carbocycles. The summed E-state index contributed by atoms with van der Waals surface area (Å²) >= 11 is 0. The van der Waals surface area contributed by atoms with Gasteiger partial charge in [0.05, 0.1) is 11.4 Å². The van der Waals surface area contributed by atoms with Gasteiger partial charge in [-0.05, 0) is 11.5 Å². The van der Waals surface area contributed by atoms with Crippen molar-refractivity contribution in [1.29, 1.82) is 0 Å². The molecule has 0 fully saturated rings. The number of amides is 1. The zero-order valence-corrected chi connectivity index (χ0v) is 13.9. The maximum Gasteiger partial charge on any atom is 0.226 e. The van der Waals surface area contributed by atoms with E-state index in [2.05, 4.69) is 10.4 Å². The molecule has 1 unspecified atom stereocenters. The first-order valence-corrected chi connectivity index (χ1v) is 7.11. The predicted octanol–water partition coefficient (Wildman–Crippen LogP) is 2.99. The quantitative estimate of drug-likeness (QED) is 0.888. The summed E-state index contributed by atoms with van der Waals surface area (Å²) in [5.41, 5.74) is 8.68. The molecule has 2 aromatic rings. The molecule has 0 aliphatic heterocycles. The lowest BCUT2D eigenvalue weighted by atomic mass is 10.0. The fraction of sp³-hybridized carbons (Fsp3) is 0.375. The number of carbonyl (C=O) groups is 1. The standard InChI is InChI=1S/C16H22N4O.ClH/c1-11(2)16-14(10-20(3)19-16)18-15(21)9-13(17)12-7-5-4-6-8-12;/h4-8,10-11,13H,9,17H2,1-3H3,(H,18,21);1H. The summed E-state index contributed by atoms with van der Waals surface area (Å²) in [7, 11) is 1.84. The number of aromatic nitrogens is 2. The first kappa shape index (κ1) is 18.2. The van der Waals surface area contributed by atoms with Crippen LogP contribution in [0, 0.1) is 0 Å². The van der Waals surface area contributed by atoms with Crippen molar-refractivity contribution in [2.24, 2.45) is 12.8 Å². The van der Waals surface area contributed by atoms with Gasteiger partial charge in [0.15, 0.2) is 0 Å². The summed E-state index contributed by atoms with van der Waals surface area (Å²) in [5, 5.41) is 7.28. The van der Waals surface area contributed by atoms with E-state index in [-0.39, 0.29) is 36.7 Å². The van der Waals surface area contributed by atoms with E-state index in [0.29, 0.717) is 0 Å². The van der Waals surface area contributed by atoms with Crippen LogP contribution in [0.3, 0.4) is 0 Å². The molecular weight excluding hydrogens is 300 g/mol. The predicted molar refractivity (Wildman–Crippen MR) is 91.2 cm³/mol. The van der Waals surface area contributed by atoms with Gasteiger partial charge in [0, 0.05) is 25.7 Å². The molecule has 0 radical (unpaired) electrons. The van der Waals surface area contributed by atoms with Crippen molar-refractivity contribution in [3.63, 3.8) is 0 Å². The van der Waals surface area contributed by atoms with Crippen LogP contribution in [0.5, 0.6) is 0 Å². The Kier molecular flexibility index (Phi) is 6.59. The average molecular weight is 323 g/mol. The van der Waals surface area contributed by atoms with Crippen molar-refractivity contribution in [2.75, 3.05) is 5.32 Å². The highest BCUT2D eigenvalue weighted by molar-refractivity contribution is 5.91. The molecule has 5 nitrogen and oxygen atoms in total. The van der Waals surface area contributed by atoms with E-state index < -0.39 is 0 Å². The molecule has 0 saturated heterocycles. The smallest absolute Gasteiger partial charge is 0.226 e. The van der Waals surface area contributed by atoms with E-state index in [0.717, 1.165) is 16.9 Å². The number of benzene rings is 1. The molecular formula is C16H23ClN4O. The van der Waals surface area contributed by atoms with Gasteiger partial charge in [0.1, 0.15) is 0 Å². The van der Waals surface area contributed by atoms with Crippen LogP contribution >= 0.6 is 12.4 Å². The first-order chi connectivity index (χ1) is 9.97. The Hall–Kier alpha value is -1.85. The van der Waals surface area contributed by atoms with Gasteiger partial charge in [-0.1, -0.05) is 44.2 Å². The number of rotatable bonds is 5. The number of nitrogens with zero attached hydrogens (tertiary/aromatic N) is 2. The minimum absolute atomic E-state index is 0. The number of halogens is 1. The molecule has 22 heavy (non-hydrogen) atoms. The van der Waals surface area contributed by atoms with Crippen LogP contribution in [0.4, 0.5) is 5.69 Å². The zero-order valence-electron chi connectivity index (χ0n) is 13.1. The van der Waals surface area contributed by atoms with E-state index in [1.807, 2.05) is 57.4 Å². The van der Waals surface area contributed by atoms with Gasteiger partial charge in [0.25, 0.3) is 0 Å². The van der Waals surface area contributed by atoms with E-state index in [4.69, 9.17) is 5.73 Å². The van der Waals surface area contributed by atoms with Gasteiger partial charge >= 0.3 is 0 Å². The van der Waals surface area contributed by atoms with Gasteiger partial charge < -0.3 is 11.1 Å². The van der Waals surface area contributed by atoms with Crippen molar-refractivity contribution in [3.05, 3.63) is 47.8 Å². The van der Waals surface area contributed by atoms with Crippen LogP contribution < -0.4 is 11.1 Å². The largest absolute Gasteiger partial charge is 0.324 e. The fourth-order valence-corrected chi connectivity index (χ4v) is 2.25. The molecule has 1 aromatic carbocycles. The Morgan fingerprint density at radius 3 is 2.55 bits per heavy atom. The van der Waals surface area contributed by atoms with Gasteiger partial charge in [-0.2, -0.15) is 5.10 Å². The van der Waals surface area contributed by atoms with Crippen LogP contribution in [0.25, 0.3) is 0 Å². The highest BCUT2D eigenvalue weighted by Crippen LogP contribution is 2.23. The molecule has 2 rings (SSSR count). The molecule has 0 aliphatic rings. The molecule has 120 valence electrons. The van der Waals surface area contributed by atoms with Gasteiger partial charge in [-0.25, -0.2) is 0 Å². The summed E-state index contributed by atoms with van der Waals surface area (Å²) in [6, 6.07) is 9.34. The number of nitrogens with two attached hydrogens (primary N) is 1. The fourth-order valence-electron chi connectivity index (χ4n) is 2.25. The van der Waals surface area contributed by atoms with Crippen molar-refractivity contribution in [1.82, 2.24) is 9.78 Å². The van der Waals surface area contributed by atoms with Gasteiger partial charge in [-0.3, -0.25) is 9.48 Å². The maximum absolute atomic E-state index is 12.2. The molecule has 6 heteroatoms. The van der Waals surface area contributed by atoms with Gasteiger partial charge in [0.2, 0.25) is 5.91 Å². The molecule has 1 atom stereocenters. The van der Waals surface area contributed by atoms with Crippen molar-refractivity contribution in [2.45, 2.75) is 32.2 Å². The summed E-state index contributed by atoms with van der Waals surface area (Å²) in [6.45, 7) is 4.10. The van der Waals surface area contributed by atoms with E-state index in [1.54, 1.807) is 4.68 Å². The minimum atomic E-state index is -0.301.